The molecule has 0 atom stereocenters. The molecule has 9 aromatic carbocycles. The molecule has 10 rings (SSSR count). The fraction of sp³-hybridized carbons (Fsp3) is 0. The zero-order chi connectivity index (χ0) is 48.3. The van der Waals surface area contributed by atoms with E-state index in [-0.39, 0.29) is 55.0 Å². The molecular formula is C46H28O. The Labute approximate surface area is 300 Å². The topological polar surface area (TPSA) is 13.1 Å². The number of hydrogen-bond donors (Lipinski definition) is 0. The first-order chi connectivity index (χ1) is 31.7. The van der Waals surface area contributed by atoms with E-state index in [1.807, 2.05) is 0 Å². The van der Waals surface area contributed by atoms with Crippen LogP contribution in [0.5, 0.6) is 0 Å². The van der Waals surface area contributed by atoms with Gasteiger partial charge in [-0.2, -0.15) is 0 Å². The Kier molecular flexibility index (Phi) is 2.87. The average molecular weight is 617 g/mol. The second-order valence-electron chi connectivity index (χ2n) is 10.9. The van der Waals surface area contributed by atoms with Crippen LogP contribution in [0.15, 0.2) is 174 Å². The van der Waals surface area contributed by atoms with Crippen molar-refractivity contribution in [3.63, 3.8) is 0 Å². The van der Waals surface area contributed by atoms with Gasteiger partial charge in [0.2, 0.25) is 0 Å². The molecule has 0 spiro atoms. The van der Waals surface area contributed by atoms with Gasteiger partial charge in [0.05, 0.1) is 27.4 Å². The van der Waals surface area contributed by atoms with E-state index in [9.17, 15) is 6.85 Å². The Hall–Kier alpha value is -6.18. The van der Waals surface area contributed by atoms with Crippen molar-refractivity contribution in [2.45, 2.75) is 0 Å². The van der Waals surface area contributed by atoms with Crippen molar-refractivity contribution < 1.29 is 31.8 Å². The van der Waals surface area contributed by atoms with E-state index < -0.39 is 143 Å². The van der Waals surface area contributed by atoms with Crippen LogP contribution in [0.3, 0.4) is 0 Å². The molecule has 0 amide bonds. The first kappa shape index (κ1) is 13.3. The zero-order valence-electron chi connectivity index (χ0n) is 44.0. The highest BCUT2D eigenvalue weighted by Gasteiger charge is 2.21. The van der Waals surface area contributed by atoms with Gasteiger partial charge in [0.15, 0.2) is 0 Å². The van der Waals surface area contributed by atoms with Gasteiger partial charge in [-0.05, 0) is 95.3 Å². The van der Waals surface area contributed by atoms with Crippen LogP contribution in [-0.2, 0) is 0 Å². The molecule has 0 aliphatic heterocycles. The summed E-state index contributed by atoms with van der Waals surface area (Å²) in [6, 6.07) is 0.505. The molecule has 0 bridgehead atoms. The fourth-order valence-electron chi connectivity index (χ4n) is 6.32. The Bertz CT molecular complexity index is 3930. The van der Waals surface area contributed by atoms with Crippen LogP contribution >= 0.6 is 0 Å². The normalized spacial score (nSPS) is 17.8. The third-order valence-corrected chi connectivity index (χ3v) is 8.31. The highest BCUT2D eigenvalue weighted by atomic mass is 16.3. The molecule has 0 aliphatic carbocycles. The summed E-state index contributed by atoms with van der Waals surface area (Å²) < 4.78 is 184. The Morgan fingerprint density at radius 2 is 1.02 bits per heavy atom. The maximum absolute atomic E-state index is 9.76. The van der Waals surface area contributed by atoms with Crippen LogP contribution < -0.4 is 0 Å². The van der Waals surface area contributed by atoms with Gasteiger partial charge in [-0.15, -0.1) is 0 Å². The smallest absolute Gasteiger partial charge is 0.143 e. The molecule has 10 aromatic rings. The van der Waals surface area contributed by atoms with E-state index in [0.29, 0.717) is 21.5 Å². The van der Waals surface area contributed by atoms with E-state index in [1.165, 1.54) is 0 Å². The average Bonchev–Trinajstić information content (AvgIpc) is 3.71. The minimum atomic E-state index is -0.742. The first-order valence-electron chi connectivity index (χ1n) is 24.6. The summed E-state index contributed by atoms with van der Waals surface area (Å²) in [7, 11) is 0. The van der Waals surface area contributed by atoms with E-state index >= 15 is 0 Å². The largest absolute Gasteiger partial charge is 0.455 e. The highest BCUT2D eigenvalue weighted by molar-refractivity contribution is 6.27. The number of benzene rings is 9. The lowest BCUT2D eigenvalue weighted by Gasteiger charge is -2.18. The molecule has 1 heteroatoms. The summed E-state index contributed by atoms with van der Waals surface area (Å²) >= 11 is 0. The molecule has 0 N–H and O–H groups in total. The second-order valence-corrected chi connectivity index (χ2v) is 10.9. The lowest BCUT2D eigenvalue weighted by Crippen LogP contribution is -1.91. The number of hydrogen-bond acceptors (Lipinski definition) is 1. The SMILES string of the molecule is [2H]c1c([2H])c(-c2c([2H])c([2H])c3c([2H])c([2H])c([2H])c([2H])c3c2[2H])c([2H])c(-c2c3ccccc3c(-c3c([2H])c([2H])c([2H])c4oc5c6c([2H])c([2H])c([2H])c([2H])c6c([2H])c([2H])c5c34)c3ccccc23)c1[2H]. The minimum Gasteiger partial charge on any atom is -0.455 e. The van der Waals surface area contributed by atoms with Gasteiger partial charge in [0.1, 0.15) is 11.2 Å². The van der Waals surface area contributed by atoms with Crippen molar-refractivity contribution in [2.75, 3.05) is 0 Å². The van der Waals surface area contributed by atoms with Gasteiger partial charge in [0.25, 0.3) is 0 Å². The van der Waals surface area contributed by atoms with E-state index in [0.717, 1.165) is 0 Å². The third kappa shape index (κ3) is 3.97. The predicted molar refractivity (Wildman–Crippen MR) is 200 cm³/mol. The molecule has 0 saturated heterocycles. The summed E-state index contributed by atoms with van der Waals surface area (Å²) in [6.07, 6.45) is 0. The van der Waals surface area contributed by atoms with Crippen LogP contribution in [0.1, 0.15) is 27.4 Å². The Morgan fingerprint density at radius 1 is 0.404 bits per heavy atom. The van der Waals surface area contributed by atoms with Crippen LogP contribution in [0.4, 0.5) is 0 Å². The van der Waals surface area contributed by atoms with Gasteiger partial charge in [-0.1, -0.05) is 145 Å². The number of rotatable bonds is 3. The lowest BCUT2D eigenvalue weighted by molar-refractivity contribution is 0.673. The van der Waals surface area contributed by atoms with E-state index in [1.54, 1.807) is 48.5 Å². The van der Waals surface area contributed by atoms with Gasteiger partial charge in [0, 0.05) is 16.2 Å². The lowest BCUT2D eigenvalue weighted by atomic mass is 9.84. The Balaban J connectivity index is 1.38. The molecule has 0 aliphatic rings. The standard InChI is InChI=1S/C46H28O/c1-2-13-31-27-33(24-23-29(31)11-1)32-14-9-15-34(28-32)43-36-17-5-7-19-38(36)44(39-20-8-6-18-37(39)43)40-21-10-22-42-45(40)41-26-25-30-12-3-4-16-35(30)46(41)47-42/h1-28H/i1D,2D,3D,4D,9D,10D,11D,12D,13D,14D,15D,16D,21D,22D,23D,24D,25D,26D,27D,28D. The van der Waals surface area contributed by atoms with Crippen molar-refractivity contribution in [1.29, 1.82) is 0 Å². The summed E-state index contributed by atoms with van der Waals surface area (Å²) in [6.45, 7) is 0. The quantitative estimate of drug-likeness (QED) is 0.180. The van der Waals surface area contributed by atoms with Crippen LogP contribution in [0.25, 0.3) is 98.4 Å². The monoisotopic (exact) mass is 616 g/mol. The fourth-order valence-corrected chi connectivity index (χ4v) is 6.32. The molecule has 0 saturated carbocycles. The number of furan rings is 1. The molecule has 47 heavy (non-hydrogen) atoms. The van der Waals surface area contributed by atoms with Crippen molar-refractivity contribution in [1.82, 2.24) is 0 Å². The molecule has 1 nitrogen and oxygen atoms in total. The van der Waals surface area contributed by atoms with Crippen molar-refractivity contribution in [3.05, 3.63) is 169 Å². The van der Waals surface area contributed by atoms with Crippen LogP contribution in [-0.4, -0.2) is 0 Å². The number of fused-ring (bicyclic) bond motifs is 8. The molecule has 1 heterocycles. The van der Waals surface area contributed by atoms with Crippen LogP contribution in [0, 0.1) is 0 Å². The molecule has 1 aromatic heterocycles. The zero-order valence-corrected chi connectivity index (χ0v) is 24.0. The molecule has 0 unspecified atom stereocenters. The maximum atomic E-state index is 9.76. The van der Waals surface area contributed by atoms with Crippen molar-refractivity contribution in [2.24, 2.45) is 0 Å². The van der Waals surface area contributed by atoms with Crippen LogP contribution in [0.2, 0.25) is 0 Å². The molecular weight excluding hydrogens is 569 g/mol. The third-order valence-electron chi connectivity index (χ3n) is 8.31. The summed E-state index contributed by atoms with van der Waals surface area (Å²) in [5.41, 5.74) is -1.45. The molecule has 0 radical (unpaired) electrons. The maximum Gasteiger partial charge on any atom is 0.143 e. The van der Waals surface area contributed by atoms with Gasteiger partial charge < -0.3 is 4.42 Å². The highest BCUT2D eigenvalue weighted by Crippen LogP contribution is 2.47. The van der Waals surface area contributed by atoms with E-state index in [4.69, 9.17) is 25.0 Å². The van der Waals surface area contributed by atoms with Gasteiger partial charge in [-0.25, -0.2) is 0 Å². The Morgan fingerprint density at radius 3 is 1.81 bits per heavy atom. The summed E-state index contributed by atoms with van der Waals surface area (Å²) in [4.78, 5) is 0. The summed E-state index contributed by atoms with van der Waals surface area (Å²) in [5, 5.41) is -0.336. The first-order valence-corrected chi connectivity index (χ1v) is 14.6. The van der Waals surface area contributed by atoms with Gasteiger partial charge in [-0.3, -0.25) is 0 Å². The van der Waals surface area contributed by atoms with E-state index in [2.05, 4.69) is 0 Å². The molecule has 0 fully saturated rings. The van der Waals surface area contributed by atoms with Crippen molar-refractivity contribution >= 4 is 65.0 Å². The second kappa shape index (κ2) is 10.2. The minimum absolute atomic E-state index is 0.0382. The van der Waals surface area contributed by atoms with Crippen molar-refractivity contribution in [3.8, 4) is 33.4 Å². The predicted octanol–water partition coefficient (Wildman–Crippen LogP) is 13.2. The van der Waals surface area contributed by atoms with Gasteiger partial charge >= 0.3 is 0 Å². The molecule has 218 valence electrons. The summed E-state index contributed by atoms with van der Waals surface area (Å²) in [5.74, 6) is 0.